The predicted octanol–water partition coefficient (Wildman–Crippen LogP) is 3.87. The van der Waals surface area contributed by atoms with Crippen LogP contribution in [0.15, 0.2) is 65.4 Å². The Labute approximate surface area is 264 Å². The zero-order valence-corrected chi connectivity index (χ0v) is 27.7. The Balaban J connectivity index is 1.87. The molecule has 1 unspecified atom stereocenters. The SMILES string of the molecule is CC[C@@H](C)NC(=O)[C@H](C)NC[C@H](Cc1ccccc1)NC(=O)c1cc(C(=O)NC(C)c2ccsc2)cc(N(C)S(C)(=O)=O)c1. The number of rotatable bonds is 15. The van der Waals surface area contributed by atoms with Crippen LogP contribution >= 0.6 is 11.3 Å². The molecular formula is C32H43N5O5S2. The number of carbonyl (C=O) groups excluding carboxylic acids is 3. The van der Waals surface area contributed by atoms with E-state index in [9.17, 15) is 22.8 Å². The molecule has 0 aliphatic rings. The third kappa shape index (κ3) is 10.2. The minimum atomic E-state index is -3.68. The van der Waals surface area contributed by atoms with Gasteiger partial charge in [0.05, 0.1) is 24.0 Å². The quantitative estimate of drug-likeness (QED) is 0.199. The van der Waals surface area contributed by atoms with Crippen molar-refractivity contribution in [3.8, 4) is 0 Å². The van der Waals surface area contributed by atoms with Crippen molar-refractivity contribution in [2.45, 2.75) is 64.7 Å². The molecule has 1 aromatic heterocycles. The fourth-order valence-electron chi connectivity index (χ4n) is 4.35. The molecular weight excluding hydrogens is 599 g/mol. The lowest BCUT2D eigenvalue weighted by atomic mass is 10.0. The molecule has 12 heteroatoms. The Kier molecular flexibility index (Phi) is 12.5. The molecule has 4 atom stereocenters. The van der Waals surface area contributed by atoms with E-state index in [1.807, 2.05) is 67.9 Å². The van der Waals surface area contributed by atoms with Gasteiger partial charge in [0.2, 0.25) is 15.9 Å². The van der Waals surface area contributed by atoms with Crippen molar-refractivity contribution in [2.75, 3.05) is 24.2 Å². The Morgan fingerprint density at radius 2 is 1.55 bits per heavy atom. The van der Waals surface area contributed by atoms with E-state index >= 15 is 0 Å². The maximum Gasteiger partial charge on any atom is 0.251 e. The molecule has 44 heavy (non-hydrogen) atoms. The van der Waals surface area contributed by atoms with Gasteiger partial charge in [-0.15, -0.1) is 0 Å². The van der Waals surface area contributed by atoms with Crippen molar-refractivity contribution < 1.29 is 22.8 Å². The summed E-state index contributed by atoms with van der Waals surface area (Å²) in [5, 5.41) is 16.0. The number of amides is 3. The van der Waals surface area contributed by atoms with Crippen LogP contribution in [0.5, 0.6) is 0 Å². The molecule has 0 radical (unpaired) electrons. The van der Waals surface area contributed by atoms with Crippen LogP contribution in [0, 0.1) is 0 Å². The smallest absolute Gasteiger partial charge is 0.251 e. The summed E-state index contributed by atoms with van der Waals surface area (Å²) >= 11 is 1.52. The monoisotopic (exact) mass is 641 g/mol. The van der Waals surface area contributed by atoms with Gasteiger partial charge in [0, 0.05) is 36.8 Å². The number of sulfonamides is 1. The van der Waals surface area contributed by atoms with Crippen LogP contribution in [0.1, 0.15) is 72.0 Å². The standard InChI is InChI=1S/C32H43N5O5S2/c1-7-21(2)34-30(38)23(4)33-19-28(15-24-11-9-8-10-12-24)36-32(40)27-16-26(17-29(18-27)37(5)44(6,41)42)31(39)35-22(3)25-13-14-43-20-25/h8-14,16-18,20-23,28,33H,7,15,19H2,1-6H3,(H,34,38)(H,35,39)(H,36,40)/t21-,22?,23+,28+/m1/s1. The van der Waals surface area contributed by atoms with Gasteiger partial charge in [0.15, 0.2) is 0 Å². The van der Waals surface area contributed by atoms with E-state index in [4.69, 9.17) is 0 Å². The highest BCUT2D eigenvalue weighted by Crippen LogP contribution is 2.22. The number of nitrogens with zero attached hydrogens (tertiary/aromatic N) is 1. The summed E-state index contributed by atoms with van der Waals surface area (Å²) < 4.78 is 25.8. The molecule has 0 spiro atoms. The van der Waals surface area contributed by atoms with Crippen molar-refractivity contribution in [3.63, 3.8) is 0 Å². The number of benzene rings is 2. The third-order valence-electron chi connectivity index (χ3n) is 7.42. The summed E-state index contributed by atoms with van der Waals surface area (Å²) in [5.41, 5.74) is 2.39. The lowest BCUT2D eigenvalue weighted by Gasteiger charge is -2.24. The van der Waals surface area contributed by atoms with Crippen LogP contribution in [0.2, 0.25) is 0 Å². The summed E-state index contributed by atoms with van der Waals surface area (Å²) in [6.07, 6.45) is 2.34. The van der Waals surface area contributed by atoms with Gasteiger partial charge in [0.25, 0.3) is 11.8 Å². The van der Waals surface area contributed by atoms with E-state index < -0.39 is 33.9 Å². The van der Waals surface area contributed by atoms with Crippen LogP contribution in [0.4, 0.5) is 5.69 Å². The summed E-state index contributed by atoms with van der Waals surface area (Å²) in [7, 11) is -2.31. The molecule has 3 amide bonds. The van der Waals surface area contributed by atoms with Gasteiger partial charge < -0.3 is 21.3 Å². The minimum Gasteiger partial charge on any atom is -0.352 e. The number of carbonyl (C=O) groups is 3. The molecule has 2 aromatic carbocycles. The van der Waals surface area contributed by atoms with Crippen LogP contribution in [-0.4, -0.2) is 64.1 Å². The fraction of sp³-hybridized carbons (Fsp3) is 0.406. The first-order valence-electron chi connectivity index (χ1n) is 14.6. The predicted molar refractivity (Wildman–Crippen MR) is 177 cm³/mol. The Morgan fingerprint density at radius 1 is 0.909 bits per heavy atom. The molecule has 3 aromatic rings. The van der Waals surface area contributed by atoms with Gasteiger partial charge in [-0.25, -0.2) is 8.42 Å². The maximum absolute atomic E-state index is 13.7. The second-order valence-electron chi connectivity index (χ2n) is 11.1. The first-order chi connectivity index (χ1) is 20.8. The zero-order valence-electron chi connectivity index (χ0n) is 26.1. The first kappa shape index (κ1) is 34.7. The lowest BCUT2D eigenvalue weighted by Crippen LogP contribution is -2.50. The van der Waals surface area contributed by atoms with Gasteiger partial charge in [0.1, 0.15) is 0 Å². The van der Waals surface area contributed by atoms with Crippen molar-refractivity contribution >= 4 is 44.8 Å². The van der Waals surface area contributed by atoms with E-state index in [0.717, 1.165) is 28.1 Å². The van der Waals surface area contributed by atoms with Gasteiger partial charge in [-0.1, -0.05) is 37.3 Å². The third-order valence-corrected chi connectivity index (χ3v) is 9.33. The second-order valence-corrected chi connectivity index (χ2v) is 13.9. The number of nitrogens with one attached hydrogen (secondary N) is 4. The summed E-state index contributed by atoms with van der Waals surface area (Å²) in [5.74, 6) is -1.05. The molecule has 4 N–H and O–H groups in total. The summed E-state index contributed by atoms with van der Waals surface area (Å²) in [6, 6.07) is 14.8. The topological polar surface area (TPSA) is 137 Å². The molecule has 0 bridgehead atoms. The van der Waals surface area contributed by atoms with Gasteiger partial charge >= 0.3 is 0 Å². The molecule has 1 heterocycles. The van der Waals surface area contributed by atoms with Crippen LogP contribution in [0.25, 0.3) is 0 Å². The maximum atomic E-state index is 13.7. The average molecular weight is 642 g/mol. The largest absolute Gasteiger partial charge is 0.352 e. The van der Waals surface area contributed by atoms with Gasteiger partial charge in [-0.3, -0.25) is 18.7 Å². The van der Waals surface area contributed by atoms with Crippen molar-refractivity contribution in [1.29, 1.82) is 0 Å². The average Bonchev–Trinajstić information content (AvgIpc) is 3.54. The number of thiophene rings is 1. The normalized spacial score (nSPS) is 14.1. The Bertz CT molecular complexity index is 1510. The van der Waals surface area contributed by atoms with Crippen LogP contribution < -0.4 is 25.6 Å². The zero-order chi connectivity index (χ0) is 32.4. The molecule has 3 rings (SSSR count). The first-order valence-corrected chi connectivity index (χ1v) is 17.4. The van der Waals surface area contributed by atoms with Gasteiger partial charge in [-0.2, -0.15) is 11.3 Å². The number of hydrogen-bond acceptors (Lipinski definition) is 7. The molecule has 10 nitrogen and oxygen atoms in total. The highest BCUT2D eigenvalue weighted by Gasteiger charge is 2.23. The molecule has 0 fully saturated rings. The molecule has 0 aliphatic carbocycles. The highest BCUT2D eigenvalue weighted by atomic mass is 32.2. The summed E-state index contributed by atoms with van der Waals surface area (Å²) in [4.78, 5) is 39.6. The Morgan fingerprint density at radius 3 is 2.11 bits per heavy atom. The van der Waals surface area contributed by atoms with Crippen LogP contribution in [-0.2, 0) is 21.2 Å². The molecule has 0 saturated carbocycles. The molecule has 0 aliphatic heterocycles. The highest BCUT2D eigenvalue weighted by molar-refractivity contribution is 7.92. The molecule has 238 valence electrons. The van der Waals surface area contributed by atoms with Crippen molar-refractivity contribution in [3.05, 3.63) is 87.6 Å². The van der Waals surface area contributed by atoms with E-state index in [1.54, 1.807) is 6.92 Å². The second kappa shape index (κ2) is 15.8. The van der Waals surface area contributed by atoms with E-state index in [2.05, 4.69) is 21.3 Å². The van der Waals surface area contributed by atoms with Gasteiger partial charge in [-0.05, 0) is 79.8 Å². The van der Waals surface area contributed by atoms with E-state index in [-0.39, 0.29) is 34.8 Å². The lowest BCUT2D eigenvalue weighted by molar-refractivity contribution is -0.123. The minimum absolute atomic E-state index is 0.0449. The van der Waals surface area contributed by atoms with E-state index in [0.29, 0.717) is 13.0 Å². The number of anilines is 1. The van der Waals surface area contributed by atoms with Crippen molar-refractivity contribution in [1.82, 2.24) is 21.3 Å². The number of hydrogen-bond donors (Lipinski definition) is 4. The van der Waals surface area contributed by atoms with Crippen LogP contribution in [0.3, 0.4) is 0 Å². The summed E-state index contributed by atoms with van der Waals surface area (Å²) in [6.45, 7) is 7.85. The van der Waals surface area contributed by atoms with E-state index in [1.165, 1.54) is 36.6 Å². The Hall–Kier alpha value is -3.74. The van der Waals surface area contributed by atoms with Crippen molar-refractivity contribution in [2.24, 2.45) is 0 Å². The fourth-order valence-corrected chi connectivity index (χ4v) is 5.60. The molecule has 0 saturated heterocycles.